The summed E-state index contributed by atoms with van der Waals surface area (Å²) in [4.78, 5) is 12.0. The highest BCUT2D eigenvalue weighted by molar-refractivity contribution is 6.05. The fraction of sp³-hybridized carbons (Fsp3) is 0.308. The molecule has 0 aliphatic carbocycles. The molecule has 0 radical (unpaired) electrons. The molecule has 11 heteroatoms. The quantitative estimate of drug-likeness (QED) is 0.835. The molecule has 0 aliphatic heterocycles. The van der Waals surface area contributed by atoms with E-state index in [9.17, 15) is 31.9 Å². The fourth-order valence-electron chi connectivity index (χ4n) is 1.84. The van der Waals surface area contributed by atoms with Crippen LogP contribution in [-0.2, 0) is 13.0 Å². The highest BCUT2D eigenvalue weighted by Crippen LogP contribution is 2.43. The number of alkyl halides is 5. The highest BCUT2D eigenvalue weighted by Gasteiger charge is 2.62. The van der Waals surface area contributed by atoms with Crippen molar-refractivity contribution in [2.24, 2.45) is 7.05 Å². The minimum absolute atomic E-state index is 0.201. The Morgan fingerprint density at radius 2 is 1.83 bits per heavy atom. The van der Waals surface area contributed by atoms with Gasteiger partial charge in [0, 0.05) is 7.05 Å². The number of anilines is 1. The van der Waals surface area contributed by atoms with Crippen LogP contribution >= 0.6 is 0 Å². The number of aromatic hydroxyl groups is 1. The predicted octanol–water partition coefficient (Wildman–Crippen LogP) is 2.74. The third-order valence-corrected chi connectivity index (χ3v) is 3.13. The minimum atomic E-state index is -5.86. The molecule has 6 nitrogen and oxygen atoms in total. The average Bonchev–Trinajstić information content (AvgIpc) is 2.79. The smallest absolute Gasteiger partial charge is 0.461 e. The summed E-state index contributed by atoms with van der Waals surface area (Å²) in [5.74, 6) is -8.85. The normalized spacial score (nSPS) is 12.3. The van der Waals surface area contributed by atoms with E-state index < -0.39 is 29.8 Å². The second-order valence-corrected chi connectivity index (χ2v) is 4.95. The number of aryl methyl sites for hydroxylation is 1. The number of halogens is 5. The summed E-state index contributed by atoms with van der Waals surface area (Å²) in [5.41, 5.74) is 0.461. The van der Waals surface area contributed by atoms with Gasteiger partial charge in [0.25, 0.3) is 5.91 Å². The van der Waals surface area contributed by atoms with Crippen molar-refractivity contribution < 1.29 is 31.9 Å². The first-order valence-electron chi connectivity index (χ1n) is 6.40. The number of carbonyl (C=O) groups excluding carboxylic acids is 1. The van der Waals surface area contributed by atoms with E-state index in [0.29, 0.717) is 10.1 Å². The van der Waals surface area contributed by atoms with Crippen LogP contribution in [0.3, 0.4) is 0 Å². The molecular formula is C13H11F5N4O2. The molecule has 0 aliphatic rings. The van der Waals surface area contributed by atoms with E-state index in [0.717, 1.165) is 7.05 Å². The van der Waals surface area contributed by atoms with E-state index in [1.165, 1.54) is 18.2 Å². The van der Waals surface area contributed by atoms with Gasteiger partial charge in [-0.1, -0.05) is 6.07 Å². The summed E-state index contributed by atoms with van der Waals surface area (Å²) >= 11 is 0. The van der Waals surface area contributed by atoms with Crippen molar-refractivity contribution in [3.8, 4) is 5.75 Å². The van der Waals surface area contributed by atoms with Crippen molar-refractivity contribution >= 4 is 11.9 Å². The maximum absolute atomic E-state index is 13.3. The Hall–Kier alpha value is -2.72. The van der Waals surface area contributed by atoms with E-state index in [2.05, 4.69) is 10.2 Å². The molecule has 24 heavy (non-hydrogen) atoms. The van der Waals surface area contributed by atoms with Crippen molar-refractivity contribution in [2.75, 3.05) is 5.32 Å². The molecule has 130 valence electrons. The van der Waals surface area contributed by atoms with Gasteiger partial charge in [-0.15, -0.1) is 10.2 Å². The zero-order valence-corrected chi connectivity index (χ0v) is 12.3. The van der Waals surface area contributed by atoms with Gasteiger partial charge in [0.1, 0.15) is 5.75 Å². The van der Waals surface area contributed by atoms with E-state index in [-0.39, 0.29) is 11.3 Å². The summed E-state index contributed by atoms with van der Waals surface area (Å²) in [7, 11) is 0.847. The van der Waals surface area contributed by atoms with Gasteiger partial charge >= 0.3 is 12.1 Å². The van der Waals surface area contributed by atoms with Crippen LogP contribution in [0.1, 0.15) is 21.7 Å². The van der Waals surface area contributed by atoms with Crippen LogP contribution < -0.4 is 5.32 Å². The number of benzene rings is 1. The number of phenolic OH excluding ortho intramolecular Hbond substituents is 1. The van der Waals surface area contributed by atoms with E-state index in [1.54, 1.807) is 6.92 Å². The molecular weight excluding hydrogens is 339 g/mol. The largest absolute Gasteiger partial charge is 0.507 e. The SMILES string of the molecule is Cc1ccc(C(=O)Nc2nnc(C(F)(F)C(F)(F)F)n2C)c(O)c1. The van der Waals surface area contributed by atoms with Gasteiger partial charge in [0.15, 0.2) is 0 Å². The molecule has 0 spiro atoms. The summed E-state index contributed by atoms with van der Waals surface area (Å²) in [6.45, 7) is 1.66. The summed E-state index contributed by atoms with van der Waals surface area (Å²) in [5, 5.41) is 17.6. The Bertz CT molecular complexity index is 785. The van der Waals surface area contributed by atoms with Crippen LogP contribution in [0.4, 0.5) is 27.9 Å². The first kappa shape index (κ1) is 17.6. The predicted molar refractivity (Wildman–Crippen MR) is 71.7 cm³/mol. The van der Waals surface area contributed by atoms with Crippen molar-refractivity contribution in [3.05, 3.63) is 35.2 Å². The Labute approximate surface area is 131 Å². The maximum atomic E-state index is 13.3. The molecule has 0 bridgehead atoms. The second-order valence-electron chi connectivity index (χ2n) is 4.95. The van der Waals surface area contributed by atoms with E-state index >= 15 is 0 Å². The lowest BCUT2D eigenvalue weighted by molar-refractivity contribution is -0.293. The highest BCUT2D eigenvalue weighted by atomic mass is 19.4. The van der Waals surface area contributed by atoms with Crippen LogP contribution in [0.5, 0.6) is 5.75 Å². The zero-order valence-electron chi connectivity index (χ0n) is 12.3. The van der Waals surface area contributed by atoms with Gasteiger partial charge in [-0.3, -0.25) is 14.7 Å². The number of nitrogens with one attached hydrogen (secondary N) is 1. The maximum Gasteiger partial charge on any atom is 0.461 e. The molecule has 1 amide bonds. The number of hydrogen-bond acceptors (Lipinski definition) is 4. The summed E-state index contributed by atoms with van der Waals surface area (Å²) in [6.07, 6.45) is -5.86. The zero-order chi connectivity index (χ0) is 18.3. The van der Waals surface area contributed by atoms with Crippen molar-refractivity contribution in [2.45, 2.75) is 19.0 Å². The lowest BCUT2D eigenvalue weighted by Crippen LogP contribution is -2.36. The van der Waals surface area contributed by atoms with E-state index in [4.69, 9.17) is 0 Å². The topological polar surface area (TPSA) is 80.0 Å². The molecule has 0 saturated heterocycles. The Balaban J connectivity index is 2.31. The lowest BCUT2D eigenvalue weighted by Gasteiger charge is -2.18. The molecule has 0 saturated carbocycles. The summed E-state index contributed by atoms with van der Waals surface area (Å²) in [6, 6.07) is 4.06. The lowest BCUT2D eigenvalue weighted by atomic mass is 10.1. The van der Waals surface area contributed by atoms with Gasteiger partial charge < -0.3 is 5.11 Å². The Morgan fingerprint density at radius 3 is 2.38 bits per heavy atom. The van der Waals surface area contributed by atoms with Crippen molar-refractivity contribution in [1.82, 2.24) is 14.8 Å². The van der Waals surface area contributed by atoms with Gasteiger partial charge in [0.05, 0.1) is 5.56 Å². The second kappa shape index (κ2) is 5.73. The number of carbonyl (C=O) groups is 1. The molecule has 0 fully saturated rings. The number of aromatic nitrogens is 3. The molecule has 1 aromatic carbocycles. The van der Waals surface area contributed by atoms with Crippen LogP contribution in [0, 0.1) is 6.92 Å². The number of nitrogens with zero attached hydrogens (tertiary/aromatic N) is 3. The minimum Gasteiger partial charge on any atom is -0.507 e. The van der Waals surface area contributed by atoms with Crippen LogP contribution in [0.15, 0.2) is 18.2 Å². The van der Waals surface area contributed by atoms with Gasteiger partial charge in [0.2, 0.25) is 11.8 Å². The molecule has 0 atom stereocenters. The third kappa shape index (κ3) is 3.01. The Kier molecular flexibility index (Phi) is 4.21. The molecule has 1 aromatic heterocycles. The van der Waals surface area contributed by atoms with E-state index in [1.807, 2.05) is 5.32 Å². The van der Waals surface area contributed by atoms with Crippen LogP contribution in [-0.4, -0.2) is 32.0 Å². The van der Waals surface area contributed by atoms with Crippen LogP contribution in [0.25, 0.3) is 0 Å². The monoisotopic (exact) mass is 350 g/mol. The molecule has 0 unspecified atom stereocenters. The van der Waals surface area contributed by atoms with Gasteiger partial charge in [-0.2, -0.15) is 22.0 Å². The molecule has 2 rings (SSSR count). The Morgan fingerprint density at radius 1 is 1.21 bits per heavy atom. The summed E-state index contributed by atoms with van der Waals surface area (Å²) < 4.78 is 64.1. The van der Waals surface area contributed by atoms with Gasteiger partial charge in [-0.25, -0.2) is 0 Å². The molecule has 2 N–H and O–H groups in total. The molecule has 2 aromatic rings. The first-order chi connectivity index (χ1) is 10.9. The standard InChI is InChI=1S/C13H11F5N4O2/c1-6-3-4-7(8(23)5-6)9(24)19-11-21-20-10(22(11)2)12(14,15)13(16,17)18/h3-5,23H,1-2H3,(H,19,21,24). The molecule has 1 heterocycles. The first-order valence-corrected chi connectivity index (χ1v) is 6.40. The number of hydrogen-bond donors (Lipinski definition) is 2. The number of amides is 1. The number of phenols is 1. The van der Waals surface area contributed by atoms with Crippen LogP contribution in [0.2, 0.25) is 0 Å². The van der Waals surface area contributed by atoms with Gasteiger partial charge in [-0.05, 0) is 24.6 Å². The average molecular weight is 350 g/mol. The fourth-order valence-corrected chi connectivity index (χ4v) is 1.84. The third-order valence-electron chi connectivity index (χ3n) is 3.13. The van der Waals surface area contributed by atoms with Crippen molar-refractivity contribution in [3.63, 3.8) is 0 Å². The van der Waals surface area contributed by atoms with Crippen molar-refractivity contribution in [1.29, 1.82) is 0 Å². The number of rotatable bonds is 3.